The van der Waals surface area contributed by atoms with E-state index in [2.05, 4.69) is 10.6 Å². The lowest BCUT2D eigenvalue weighted by Gasteiger charge is -2.32. The lowest BCUT2D eigenvalue weighted by Crippen LogP contribution is -2.42. The molecule has 1 aromatic carbocycles. The van der Waals surface area contributed by atoms with Crippen molar-refractivity contribution < 1.29 is 22.7 Å². The number of carbonyl (C=O) groups excluding carboxylic acids is 1. The maximum atomic E-state index is 12.8. The molecule has 1 aromatic rings. The second-order valence-corrected chi connectivity index (χ2v) is 7.35. The Balaban J connectivity index is 2.20. The molecule has 1 heterocycles. The van der Waals surface area contributed by atoms with Gasteiger partial charge in [-0.15, -0.1) is 0 Å². The van der Waals surface area contributed by atoms with Crippen molar-refractivity contribution in [1.82, 2.24) is 10.6 Å². The summed E-state index contributed by atoms with van der Waals surface area (Å²) in [4.78, 5) is 12.2. The molecule has 0 aromatic heterocycles. The lowest BCUT2D eigenvalue weighted by molar-refractivity contribution is -0.137. The fourth-order valence-corrected chi connectivity index (χ4v) is 2.95. The summed E-state index contributed by atoms with van der Waals surface area (Å²) in [6.07, 6.45) is -3.10. The van der Waals surface area contributed by atoms with Gasteiger partial charge in [0.2, 0.25) is 0 Å². The van der Waals surface area contributed by atoms with Crippen LogP contribution in [0.3, 0.4) is 0 Å². The van der Waals surface area contributed by atoms with Crippen molar-refractivity contribution in [2.24, 2.45) is 5.92 Å². The summed E-state index contributed by atoms with van der Waals surface area (Å²) in [5, 5.41) is 6.11. The van der Waals surface area contributed by atoms with Crippen molar-refractivity contribution in [3.63, 3.8) is 0 Å². The molecule has 2 unspecified atom stereocenters. The van der Waals surface area contributed by atoms with Gasteiger partial charge in [-0.05, 0) is 63.8 Å². The molecule has 1 amide bonds. The molecular formula is C18H25F3N2O2. The molecule has 0 radical (unpaired) electrons. The van der Waals surface area contributed by atoms with Crippen LogP contribution in [-0.2, 0) is 10.9 Å². The van der Waals surface area contributed by atoms with Crippen LogP contribution in [0.5, 0.6) is 0 Å². The van der Waals surface area contributed by atoms with Crippen LogP contribution in [0.2, 0.25) is 0 Å². The number of nitrogens with one attached hydrogen (secondary N) is 2. The maximum absolute atomic E-state index is 12.8. The van der Waals surface area contributed by atoms with E-state index in [0.29, 0.717) is 12.1 Å². The van der Waals surface area contributed by atoms with Gasteiger partial charge in [0.1, 0.15) is 5.60 Å². The first-order chi connectivity index (χ1) is 11.6. The van der Waals surface area contributed by atoms with Crippen molar-refractivity contribution in [1.29, 1.82) is 0 Å². The highest BCUT2D eigenvalue weighted by Crippen LogP contribution is 2.32. The molecule has 140 valence electrons. The normalized spacial score (nSPS) is 20.0. The van der Waals surface area contributed by atoms with Crippen molar-refractivity contribution in [3.05, 3.63) is 35.4 Å². The number of alkyl halides is 3. The van der Waals surface area contributed by atoms with Crippen molar-refractivity contribution in [3.8, 4) is 0 Å². The fraction of sp³-hybridized carbons (Fsp3) is 0.611. The van der Waals surface area contributed by atoms with E-state index in [0.717, 1.165) is 31.5 Å². The molecule has 1 aliphatic heterocycles. The summed E-state index contributed by atoms with van der Waals surface area (Å²) in [6, 6.07) is 4.56. The highest BCUT2D eigenvalue weighted by atomic mass is 19.4. The zero-order chi connectivity index (χ0) is 18.7. The van der Waals surface area contributed by atoms with E-state index in [1.54, 1.807) is 20.8 Å². The molecule has 4 nitrogen and oxygen atoms in total. The number of rotatable bonds is 3. The molecule has 25 heavy (non-hydrogen) atoms. The van der Waals surface area contributed by atoms with Crippen LogP contribution < -0.4 is 10.6 Å². The van der Waals surface area contributed by atoms with E-state index in [9.17, 15) is 18.0 Å². The quantitative estimate of drug-likeness (QED) is 0.848. The number of hydrogen-bond acceptors (Lipinski definition) is 3. The van der Waals surface area contributed by atoms with Gasteiger partial charge in [-0.2, -0.15) is 13.2 Å². The SMILES string of the molecule is CC(C)(C)OC(=O)NC(c1ccc(C(F)(F)F)cc1)C1CCCNC1. The molecule has 7 heteroatoms. The predicted molar refractivity (Wildman–Crippen MR) is 89.1 cm³/mol. The second-order valence-electron chi connectivity index (χ2n) is 7.35. The predicted octanol–water partition coefficient (Wildman–Crippen LogP) is 4.27. The van der Waals surface area contributed by atoms with Crippen LogP contribution >= 0.6 is 0 Å². The van der Waals surface area contributed by atoms with Crippen LogP contribution in [0.25, 0.3) is 0 Å². The average molecular weight is 358 g/mol. The van der Waals surface area contributed by atoms with Gasteiger partial charge in [0, 0.05) is 6.54 Å². The number of alkyl carbamates (subject to hydrolysis) is 1. The third-order valence-electron chi connectivity index (χ3n) is 4.08. The van der Waals surface area contributed by atoms with E-state index < -0.39 is 29.5 Å². The third kappa shape index (κ3) is 5.92. The number of halogens is 3. The zero-order valence-corrected chi connectivity index (χ0v) is 14.7. The number of piperidine rings is 1. The Kier molecular flexibility index (Phi) is 5.98. The summed E-state index contributed by atoms with van der Waals surface area (Å²) in [5.74, 6) is 0.0954. The minimum atomic E-state index is -4.38. The average Bonchev–Trinajstić information content (AvgIpc) is 2.51. The third-order valence-corrected chi connectivity index (χ3v) is 4.08. The Morgan fingerprint density at radius 1 is 1.24 bits per heavy atom. The molecule has 0 saturated carbocycles. The number of amides is 1. The first-order valence-electron chi connectivity index (χ1n) is 8.43. The molecule has 2 rings (SSSR count). The maximum Gasteiger partial charge on any atom is 0.416 e. The summed E-state index contributed by atoms with van der Waals surface area (Å²) < 4.78 is 43.6. The molecule has 1 aliphatic rings. The zero-order valence-electron chi connectivity index (χ0n) is 14.7. The highest BCUT2D eigenvalue weighted by Gasteiger charge is 2.32. The van der Waals surface area contributed by atoms with Crippen LogP contribution in [0.15, 0.2) is 24.3 Å². The number of hydrogen-bond donors (Lipinski definition) is 2. The van der Waals surface area contributed by atoms with Gasteiger partial charge in [-0.3, -0.25) is 0 Å². The molecular weight excluding hydrogens is 333 g/mol. The molecule has 2 N–H and O–H groups in total. The summed E-state index contributed by atoms with van der Waals surface area (Å²) in [6.45, 7) is 6.90. The van der Waals surface area contributed by atoms with Gasteiger partial charge >= 0.3 is 12.3 Å². The largest absolute Gasteiger partial charge is 0.444 e. The van der Waals surface area contributed by atoms with E-state index in [1.165, 1.54) is 12.1 Å². The summed E-state index contributed by atoms with van der Waals surface area (Å²) in [7, 11) is 0. The smallest absolute Gasteiger partial charge is 0.416 e. The number of carbonyl (C=O) groups is 1. The first-order valence-corrected chi connectivity index (χ1v) is 8.43. The lowest BCUT2D eigenvalue weighted by atomic mass is 9.87. The van der Waals surface area contributed by atoms with E-state index >= 15 is 0 Å². The van der Waals surface area contributed by atoms with Crippen LogP contribution in [0, 0.1) is 5.92 Å². The number of benzene rings is 1. The highest BCUT2D eigenvalue weighted by molar-refractivity contribution is 5.68. The van der Waals surface area contributed by atoms with Gasteiger partial charge in [-0.1, -0.05) is 12.1 Å². The second kappa shape index (κ2) is 7.64. The molecule has 1 saturated heterocycles. The van der Waals surface area contributed by atoms with Gasteiger partial charge in [0.15, 0.2) is 0 Å². The van der Waals surface area contributed by atoms with Gasteiger partial charge in [-0.25, -0.2) is 4.79 Å². The van der Waals surface area contributed by atoms with Crippen molar-refractivity contribution >= 4 is 6.09 Å². The minimum Gasteiger partial charge on any atom is -0.444 e. The minimum absolute atomic E-state index is 0.0954. The Morgan fingerprint density at radius 3 is 2.36 bits per heavy atom. The van der Waals surface area contributed by atoms with Crippen molar-refractivity contribution in [2.45, 2.75) is 51.4 Å². The van der Waals surface area contributed by atoms with E-state index in [-0.39, 0.29) is 5.92 Å². The van der Waals surface area contributed by atoms with E-state index in [4.69, 9.17) is 4.74 Å². The van der Waals surface area contributed by atoms with Gasteiger partial charge in [0.05, 0.1) is 11.6 Å². The fourth-order valence-electron chi connectivity index (χ4n) is 2.95. The standard InChI is InChI=1S/C18H25F3N2O2/c1-17(2,3)25-16(24)23-15(13-5-4-10-22-11-13)12-6-8-14(9-7-12)18(19,20)21/h6-9,13,15,22H,4-5,10-11H2,1-3H3,(H,23,24). The summed E-state index contributed by atoms with van der Waals surface area (Å²) in [5.41, 5.74) is -0.693. The Morgan fingerprint density at radius 2 is 1.88 bits per heavy atom. The van der Waals surface area contributed by atoms with Crippen LogP contribution in [-0.4, -0.2) is 24.8 Å². The molecule has 0 aliphatic carbocycles. The molecule has 0 spiro atoms. The topological polar surface area (TPSA) is 50.4 Å². The Labute approximate surface area is 146 Å². The molecule has 2 atom stereocenters. The van der Waals surface area contributed by atoms with E-state index in [1.807, 2.05) is 0 Å². The number of ether oxygens (including phenoxy) is 1. The molecule has 1 fully saturated rings. The van der Waals surface area contributed by atoms with Crippen LogP contribution in [0.1, 0.15) is 50.8 Å². The van der Waals surface area contributed by atoms with Gasteiger partial charge < -0.3 is 15.4 Å². The first kappa shape index (κ1) is 19.6. The van der Waals surface area contributed by atoms with Crippen molar-refractivity contribution in [2.75, 3.05) is 13.1 Å². The Hall–Kier alpha value is -1.76. The van der Waals surface area contributed by atoms with Gasteiger partial charge in [0.25, 0.3) is 0 Å². The monoisotopic (exact) mass is 358 g/mol. The van der Waals surface area contributed by atoms with Crippen LogP contribution in [0.4, 0.5) is 18.0 Å². The Bertz CT molecular complexity index is 573. The summed E-state index contributed by atoms with van der Waals surface area (Å²) >= 11 is 0. The molecule has 0 bridgehead atoms.